The summed E-state index contributed by atoms with van der Waals surface area (Å²) in [4.78, 5) is 27.4. The minimum Gasteiger partial charge on any atom is -1.00 e. The van der Waals surface area contributed by atoms with Gasteiger partial charge in [0.2, 0.25) is 0 Å². The Labute approximate surface area is 167 Å². The number of carbonyl (C=O) groups is 2. The van der Waals surface area contributed by atoms with E-state index in [4.69, 9.17) is 4.74 Å². The predicted molar refractivity (Wildman–Crippen MR) is 96.6 cm³/mol. The Morgan fingerprint density at radius 3 is 2.70 bits per heavy atom. The van der Waals surface area contributed by atoms with Gasteiger partial charge < -0.3 is 17.1 Å². The molecule has 1 aromatic heterocycles. The molecule has 2 heterocycles. The number of esters is 1. The monoisotopic (exact) mass is 408 g/mol. The van der Waals surface area contributed by atoms with Crippen LogP contribution in [0.1, 0.15) is 41.8 Å². The Morgan fingerprint density at radius 1 is 1.30 bits per heavy atom. The van der Waals surface area contributed by atoms with Gasteiger partial charge in [-0.2, -0.15) is 0 Å². The van der Waals surface area contributed by atoms with Gasteiger partial charge in [-0.25, -0.2) is 4.39 Å². The van der Waals surface area contributed by atoms with Crippen molar-refractivity contribution in [2.24, 2.45) is 5.92 Å². The van der Waals surface area contributed by atoms with Crippen LogP contribution in [-0.2, 0) is 22.6 Å². The summed E-state index contributed by atoms with van der Waals surface area (Å²) in [5, 5.41) is 0.584. The lowest BCUT2D eigenvalue weighted by atomic mass is 9.95. The summed E-state index contributed by atoms with van der Waals surface area (Å²) in [6.45, 7) is 2.63. The second-order valence-corrected chi connectivity index (χ2v) is 8.03. The number of rotatable bonds is 5. The van der Waals surface area contributed by atoms with Crippen molar-refractivity contribution in [3.8, 4) is 5.06 Å². The second kappa shape index (κ2) is 8.09. The van der Waals surface area contributed by atoms with Crippen LogP contribution in [0.25, 0.3) is 0 Å². The van der Waals surface area contributed by atoms with E-state index in [1.54, 1.807) is 18.2 Å². The molecule has 144 valence electrons. The predicted octanol–water partition coefficient (Wildman–Crippen LogP) is 0.895. The van der Waals surface area contributed by atoms with Gasteiger partial charge in [0.15, 0.2) is 10.8 Å². The van der Waals surface area contributed by atoms with Crippen molar-refractivity contribution in [1.82, 2.24) is 4.90 Å². The zero-order chi connectivity index (χ0) is 18.3. The summed E-state index contributed by atoms with van der Waals surface area (Å²) in [6, 6.07) is 7.89. The lowest BCUT2D eigenvalue weighted by Gasteiger charge is -2.34. The number of hydrogen-bond donors (Lipinski definition) is 0. The molecule has 0 spiro atoms. The van der Waals surface area contributed by atoms with E-state index in [0.29, 0.717) is 23.7 Å². The van der Waals surface area contributed by atoms with Crippen LogP contribution < -0.4 is 17.1 Å². The molecule has 2 aliphatic rings. The van der Waals surface area contributed by atoms with Crippen LogP contribution >= 0.6 is 11.3 Å². The number of ether oxygens (including phenoxy) is 1. The number of halogens is 2. The Kier molecular flexibility index (Phi) is 5.99. The molecule has 27 heavy (non-hydrogen) atoms. The van der Waals surface area contributed by atoms with E-state index in [2.05, 4.69) is 4.90 Å². The van der Waals surface area contributed by atoms with E-state index < -0.39 is 6.04 Å². The maximum atomic E-state index is 14.4. The number of ketones is 1. The Hall–Kier alpha value is -1.76. The number of Topliss-reactive ketones (excluding diaryl/α,β-unsaturated/α-hetero) is 1. The van der Waals surface area contributed by atoms with Gasteiger partial charge in [0.1, 0.15) is 5.82 Å². The van der Waals surface area contributed by atoms with E-state index in [1.807, 2.05) is 6.07 Å². The fourth-order valence-electron chi connectivity index (χ4n) is 3.56. The summed E-state index contributed by atoms with van der Waals surface area (Å²) in [6.07, 6.45) is 2.57. The molecule has 4 nitrogen and oxygen atoms in total. The quantitative estimate of drug-likeness (QED) is 0.689. The number of fused-ring (bicyclic) bond motifs is 1. The molecule has 1 aliphatic heterocycles. The van der Waals surface area contributed by atoms with Crippen molar-refractivity contribution >= 4 is 23.1 Å². The van der Waals surface area contributed by atoms with E-state index in [9.17, 15) is 14.0 Å². The standard InChI is InChI=1S/C20H20FNO3S.ClH/c1-12(23)25-18-10-14-11-22(9-8-17(14)26-18)19(20(24)13-6-7-13)15-4-2-3-5-16(15)21;/h2-5,10,13,19H,6-9,11H2,1H3;1H/p-1. The van der Waals surface area contributed by atoms with Crippen molar-refractivity contribution in [3.05, 3.63) is 52.2 Å². The molecule has 1 fully saturated rings. The third kappa shape index (κ3) is 4.23. The van der Waals surface area contributed by atoms with E-state index in [1.165, 1.54) is 29.2 Å². The maximum absolute atomic E-state index is 14.4. The molecule has 0 N–H and O–H groups in total. The van der Waals surface area contributed by atoms with Gasteiger partial charge in [-0.05, 0) is 37.0 Å². The fourth-order valence-corrected chi connectivity index (χ4v) is 4.61. The zero-order valence-corrected chi connectivity index (χ0v) is 16.5. The molecule has 1 aliphatic carbocycles. The lowest BCUT2D eigenvalue weighted by Crippen LogP contribution is -3.00. The average molecular weight is 409 g/mol. The average Bonchev–Trinajstić information content (AvgIpc) is 3.37. The van der Waals surface area contributed by atoms with Crippen LogP contribution in [0, 0.1) is 11.7 Å². The first-order valence-corrected chi connectivity index (χ1v) is 9.67. The molecule has 4 rings (SSSR count). The largest absolute Gasteiger partial charge is 1.00 e. The molecular formula is C20H20ClFNO3S-. The van der Waals surface area contributed by atoms with Crippen molar-refractivity contribution in [3.63, 3.8) is 0 Å². The summed E-state index contributed by atoms with van der Waals surface area (Å²) in [5.74, 6) is -0.495. The topological polar surface area (TPSA) is 46.6 Å². The van der Waals surface area contributed by atoms with Gasteiger partial charge in [-0.3, -0.25) is 14.5 Å². The van der Waals surface area contributed by atoms with Gasteiger partial charge in [0.25, 0.3) is 0 Å². The SMILES string of the molecule is CC(=O)Oc1cc2c(s1)CCN(C(C(=O)C1CC1)c1ccccc1F)C2.[Cl-]. The number of nitrogens with zero attached hydrogens (tertiary/aromatic N) is 1. The number of thiophene rings is 1. The Morgan fingerprint density at radius 2 is 2.04 bits per heavy atom. The van der Waals surface area contributed by atoms with Gasteiger partial charge >= 0.3 is 5.97 Å². The first kappa shape index (κ1) is 20.0. The summed E-state index contributed by atoms with van der Waals surface area (Å²) < 4.78 is 19.6. The third-order valence-electron chi connectivity index (χ3n) is 4.93. The molecule has 1 saturated carbocycles. The normalized spacial score (nSPS) is 17.6. The van der Waals surface area contributed by atoms with Crippen LogP contribution in [0.15, 0.2) is 30.3 Å². The summed E-state index contributed by atoms with van der Waals surface area (Å²) >= 11 is 1.47. The van der Waals surface area contributed by atoms with Gasteiger partial charge in [-0.15, -0.1) is 11.3 Å². The lowest BCUT2D eigenvalue weighted by molar-refractivity contribution is -0.131. The highest BCUT2D eigenvalue weighted by atomic mass is 35.5. The molecule has 1 aromatic carbocycles. The summed E-state index contributed by atoms with van der Waals surface area (Å²) in [7, 11) is 0. The number of hydrogen-bond acceptors (Lipinski definition) is 5. The minimum atomic E-state index is -0.547. The first-order chi connectivity index (χ1) is 12.5. The molecule has 0 amide bonds. The Balaban J connectivity index is 0.00000210. The van der Waals surface area contributed by atoms with E-state index in [0.717, 1.165) is 24.8 Å². The molecule has 2 aromatic rings. The minimum absolute atomic E-state index is 0. The van der Waals surface area contributed by atoms with Crippen LogP contribution in [0.2, 0.25) is 0 Å². The second-order valence-electron chi connectivity index (χ2n) is 6.93. The van der Waals surface area contributed by atoms with E-state index in [-0.39, 0.29) is 35.9 Å². The molecular weight excluding hydrogens is 389 g/mol. The highest BCUT2D eigenvalue weighted by Crippen LogP contribution is 2.41. The van der Waals surface area contributed by atoms with Crippen molar-refractivity contribution < 1.29 is 31.1 Å². The van der Waals surface area contributed by atoms with Crippen molar-refractivity contribution in [2.45, 2.75) is 38.8 Å². The van der Waals surface area contributed by atoms with Crippen LogP contribution in [0.4, 0.5) is 4.39 Å². The molecule has 0 bridgehead atoms. The molecule has 1 unspecified atom stereocenters. The van der Waals surface area contributed by atoms with Gasteiger partial charge in [0, 0.05) is 36.4 Å². The number of benzene rings is 1. The van der Waals surface area contributed by atoms with Crippen LogP contribution in [-0.4, -0.2) is 23.2 Å². The zero-order valence-electron chi connectivity index (χ0n) is 14.9. The summed E-state index contributed by atoms with van der Waals surface area (Å²) in [5.41, 5.74) is 1.52. The molecule has 0 radical (unpaired) electrons. The van der Waals surface area contributed by atoms with Crippen LogP contribution in [0.3, 0.4) is 0 Å². The fraction of sp³-hybridized carbons (Fsp3) is 0.400. The number of carbonyl (C=O) groups excluding carboxylic acids is 2. The van der Waals surface area contributed by atoms with Gasteiger partial charge in [0.05, 0.1) is 6.04 Å². The van der Waals surface area contributed by atoms with Crippen molar-refractivity contribution in [1.29, 1.82) is 0 Å². The van der Waals surface area contributed by atoms with E-state index >= 15 is 0 Å². The van der Waals surface area contributed by atoms with Gasteiger partial charge in [-0.1, -0.05) is 18.2 Å². The van der Waals surface area contributed by atoms with Crippen molar-refractivity contribution in [2.75, 3.05) is 6.54 Å². The molecule has 0 saturated heterocycles. The maximum Gasteiger partial charge on any atom is 0.308 e. The molecule has 7 heteroatoms. The Bertz CT molecular complexity index is 865. The van der Waals surface area contributed by atoms with Crippen LogP contribution in [0.5, 0.6) is 5.06 Å². The highest BCUT2D eigenvalue weighted by molar-refractivity contribution is 7.14. The first-order valence-electron chi connectivity index (χ1n) is 8.85. The highest BCUT2D eigenvalue weighted by Gasteiger charge is 2.40. The molecule has 1 atom stereocenters. The smallest absolute Gasteiger partial charge is 0.308 e. The third-order valence-corrected chi connectivity index (χ3v) is 6.05.